The van der Waals surface area contributed by atoms with E-state index < -0.39 is 27.9 Å². The van der Waals surface area contributed by atoms with E-state index in [9.17, 15) is 14.7 Å². The zero-order valence-electron chi connectivity index (χ0n) is 22.5. The summed E-state index contributed by atoms with van der Waals surface area (Å²) in [6.07, 6.45) is 3.20. The van der Waals surface area contributed by atoms with E-state index in [1.807, 2.05) is 47.4 Å². The van der Waals surface area contributed by atoms with Crippen LogP contribution in [0.1, 0.15) is 59.3 Å². The number of anilines is 1. The Balaban J connectivity index is 1.33. The monoisotopic (exact) mass is 587 g/mol. The number of nitrogens with zero attached hydrogens (tertiary/aromatic N) is 1. The van der Waals surface area contributed by atoms with Crippen LogP contribution in [0.4, 0.5) is 5.69 Å². The molecule has 2 amide bonds. The molecule has 204 valence electrons. The third-order valence-electron chi connectivity index (χ3n) is 7.73. The van der Waals surface area contributed by atoms with Gasteiger partial charge < -0.3 is 0 Å². The maximum absolute atomic E-state index is 13.6. The Labute approximate surface area is 237 Å². The zero-order chi connectivity index (χ0) is 27.2. The van der Waals surface area contributed by atoms with Crippen molar-refractivity contribution in [3.63, 3.8) is 0 Å². The Morgan fingerprint density at radius 1 is 1.08 bits per heavy atom. The van der Waals surface area contributed by atoms with Crippen LogP contribution in [-0.4, -0.2) is 57.9 Å². The number of carbonyl (C=O) groups excluding carboxylic acids is 2. The van der Waals surface area contributed by atoms with Gasteiger partial charge in [0.15, 0.2) is 0 Å². The number of aryl methyl sites for hydroxylation is 1. The molecular formula is C32H38AsN3O3. The van der Waals surface area contributed by atoms with E-state index in [2.05, 4.69) is 47.9 Å². The first kappa shape index (κ1) is 27.6. The summed E-state index contributed by atoms with van der Waals surface area (Å²) in [5.74, 6) is -0.0921. The number of aliphatic hydroxyl groups excluding tert-OH is 1. The first-order valence-electron chi connectivity index (χ1n) is 14.0. The number of hydrogen-bond acceptors (Lipinski definition) is 4. The predicted molar refractivity (Wildman–Crippen MR) is 158 cm³/mol. The molecule has 7 heteroatoms. The topological polar surface area (TPSA) is 81.7 Å². The van der Waals surface area contributed by atoms with Gasteiger partial charge in [0, 0.05) is 0 Å². The number of aliphatic hydroxyl groups is 1. The van der Waals surface area contributed by atoms with Crippen LogP contribution in [-0.2, 0) is 17.6 Å². The van der Waals surface area contributed by atoms with Gasteiger partial charge in [0.2, 0.25) is 0 Å². The van der Waals surface area contributed by atoms with Gasteiger partial charge in [-0.25, -0.2) is 0 Å². The van der Waals surface area contributed by atoms with Crippen molar-refractivity contribution in [3.05, 3.63) is 95.1 Å². The third-order valence-corrected chi connectivity index (χ3v) is 9.94. The molecule has 5 rings (SSSR count). The van der Waals surface area contributed by atoms with Crippen molar-refractivity contribution in [2.75, 3.05) is 18.0 Å². The molecule has 1 heterocycles. The number of nitrogens with one attached hydrogen (secondary N) is 2. The van der Waals surface area contributed by atoms with Crippen molar-refractivity contribution in [2.24, 2.45) is 0 Å². The normalized spacial score (nSPS) is 18.5. The predicted octanol–water partition coefficient (Wildman–Crippen LogP) is 3.29. The van der Waals surface area contributed by atoms with E-state index in [0.29, 0.717) is 31.5 Å². The molecule has 1 aliphatic heterocycles. The molecule has 2 aliphatic rings. The van der Waals surface area contributed by atoms with Gasteiger partial charge in [-0.05, 0) is 0 Å². The van der Waals surface area contributed by atoms with Gasteiger partial charge >= 0.3 is 220 Å². The molecule has 4 atom stereocenters. The minimum atomic E-state index is -0.770. The fourth-order valence-corrected chi connectivity index (χ4v) is 7.62. The second-order valence-electron chi connectivity index (χ2n) is 10.5. The van der Waals surface area contributed by atoms with Crippen LogP contribution < -0.4 is 19.9 Å². The maximum atomic E-state index is 13.6. The molecule has 1 fully saturated rings. The van der Waals surface area contributed by atoms with Gasteiger partial charge in [-0.2, -0.15) is 0 Å². The van der Waals surface area contributed by atoms with Crippen LogP contribution in [0.5, 0.6) is 0 Å². The molecule has 3 N–H and O–H groups in total. The van der Waals surface area contributed by atoms with Gasteiger partial charge in [-0.3, -0.25) is 0 Å². The minimum absolute atomic E-state index is 0.118. The van der Waals surface area contributed by atoms with Gasteiger partial charge in [0.25, 0.3) is 0 Å². The fourth-order valence-electron chi connectivity index (χ4n) is 5.70. The van der Waals surface area contributed by atoms with Crippen LogP contribution in [0.25, 0.3) is 0 Å². The van der Waals surface area contributed by atoms with Gasteiger partial charge in [-0.15, -0.1) is 0 Å². The van der Waals surface area contributed by atoms with Gasteiger partial charge in [0.1, 0.15) is 0 Å². The molecule has 0 aromatic heterocycles. The second-order valence-corrected chi connectivity index (χ2v) is 13.9. The molecule has 3 aromatic rings. The number of benzene rings is 3. The van der Waals surface area contributed by atoms with Crippen molar-refractivity contribution >= 4 is 37.6 Å². The molecule has 6 nitrogen and oxygen atoms in total. The van der Waals surface area contributed by atoms with Crippen molar-refractivity contribution in [3.8, 4) is 0 Å². The van der Waals surface area contributed by atoms with Crippen LogP contribution in [0.2, 0.25) is 5.21 Å². The molecule has 1 unspecified atom stereocenters. The summed E-state index contributed by atoms with van der Waals surface area (Å²) in [4.78, 5) is 27.9. The molecule has 39 heavy (non-hydrogen) atoms. The number of rotatable bonds is 11. The number of carbonyl (C=O) groups is 2. The van der Waals surface area contributed by atoms with Gasteiger partial charge in [0.05, 0.1) is 0 Å². The van der Waals surface area contributed by atoms with Crippen LogP contribution >= 0.6 is 0 Å². The summed E-state index contributed by atoms with van der Waals surface area (Å²) in [7, 11) is 0. The van der Waals surface area contributed by atoms with Gasteiger partial charge in [-0.1, -0.05) is 18.2 Å². The van der Waals surface area contributed by atoms with E-state index in [0.717, 1.165) is 35.7 Å². The summed E-state index contributed by atoms with van der Waals surface area (Å²) in [5.41, 5.74) is 5.10. The Hall–Kier alpha value is -2.92. The first-order chi connectivity index (χ1) is 19.0. The summed E-state index contributed by atoms with van der Waals surface area (Å²) in [5, 5.41) is 19.1. The zero-order valence-corrected chi connectivity index (χ0v) is 24.6. The van der Waals surface area contributed by atoms with Crippen molar-refractivity contribution in [1.82, 2.24) is 10.6 Å². The van der Waals surface area contributed by atoms with E-state index in [1.54, 1.807) is 0 Å². The van der Waals surface area contributed by atoms with Crippen LogP contribution in [0.15, 0.2) is 72.8 Å². The van der Waals surface area contributed by atoms with Crippen molar-refractivity contribution < 1.29 is 14.7 Å². The molecule has 0 radical (unpaired) electrons. The molecule has 1 aliphatic carbocycles. The van der Waals surface area contributed by atoms with E-state index in [-0.39, 0.29) is 17.9 Å². The Morgan fingerprint density at radius 3 is 2.64 bits per heavy atom. The summed E-state index contributed by atoms with van der Waals surface area (Å²) >= 11 is -0.391. The SMILES string of the molecule is CC[AsH]c1cc(C(=O)N[C@@H](Cc2ccccc2)[C@@H](O)CN[C@@H]2CCc3ccccc32)cc(N2CCCC2=O)c1. The molecule has 1 saturated heterocycles. The molecule has 0 spiro atoms. The Bertz CT molecular complexity index is 1300. The fraction of sp³-hybridized carbons (Fsp3) is 0.375. The summed E-state index contributed by atoms with van der Waals surface area (Å²) in [6, 6.07) is 24.1. The third kappa shape index (κ3) is 6.81. The first-order valence-corrected chi connectivity index (χ1v) is 16.6. The van der Waals surface area contributed by atoms with E-state index >= 15 is 0 Å². The Kier molecular flexibility index (Phi) is 9.18. The van der Waals surface area contributed by atoms with Crippen LogP contribution in [0, 0.1) is 0 Å². The van der Waals surface area contributed by atoms with E-state index in [4.69, 9.17) is 0 Å². The van der Waals surface area contributed by atoms with E-state index in [1.165, 1.54) is 15.5 Å². The number of fused-ring (bicyclic) bond motifs is 1. The molecular weight excluding hydrogens is 549 g/mol. The number of hydrogen-bond donors (Lipinski definition) is 3. The average Bonchev–Trinajstić information content (AvgIpc) is 3.58. The summed E-state index contributed by atoms with van der Waals surface area (Å²) < 4.78 is 1.17. The molecule has 3 aromatic carbocycles. The standard InChI is InChI=1S/C32H38AsN3O3/c1-2-33-25-18-24(19-26(20-25)36-16-8-13-31(36)38)32(39)35-29(17-22-9-4-3-5-10-22)30(37)21-34-28-15-14-23-11-6-7-12-27(23)28/h3-7,9-12,18-20,28-30,33-34,37H,2,8,13-17,21H2,1H3,(H,35,39)/t28-,29+,30+/m1/s1. The average molecular weight is 588 g/mol. The van der Waals surface area contributed by atoms with Crippen LogP contribution in [0.3, 0.4) is 0 Å². The molecule has 0 bridgehead atoms. The quantitative estimate of drug-likeness (QED) is 0.301. The second kappa shape index (κ2) is 13.0. The Morgan fingerprint density at radius 2 is 1.87 bits per heavy atom. The number of amides is 2. The van der Waals surface area contributed by atoms with Crippen molar-refractivity contribution in [1.29, 1.82) is 0 Å². The van der Waals surface area contributed by atoms with Crippen molar-refractivity contribution in [2.45, 2.75) is 62.4 Å². The summed E-state index contributed by atoms with van der Waals surface area (Å²) in [6.45, 7) is 3.24. The molecule has 0 saturated carbocycles.